The number of rotatable bonds is 1. The predicted octanol–water partition coefficient (Wildman–Crippen LogP) is 1.93. The minimum absolute atomic E-state index is 0.0331. The molecule has 6 heteroatoms. The number of anilines is 2. The van der Waals surface area contributed by atoms with Gasteiger partial charge in [0.1, 0.15) is 0 Å². The Bertz CT molecular complexity index is 662. The number of amides is 1. The smallest absolute Gasteiger partial charge is 0.228 e. The maximum absolute atomic E-state index is 11.3. The average Bonchev–Trinajstić information content (AvgIpc) is 2.78. The second-order valence-electron chi connectivity index (χ2n) is 4.27. The van der Waals surface area contributed by atoms with Gasteiger partial charge < -0.3 is 11.1 Å². The summed E-state index contributed by atoms with van der Waals surface area (Å²) in [6.07, 6.45) is 0.425. The molecule has 2 aromatic rings. The van der Waals surface area contributed by atoms with Crippen molar-refractivity contribution in [1.29, 1.82) is 0 Å². The number of aryl methyl sites for hydroxylation is 1. The highest BCUT2D eigenvalue weighted by Gasteiger charge is 2.20. The Morgan fingerprint density at radius 1 is 1.50 bits per heavy atom. The van der Waals surface area contributed by atoms with E-state index in [1.807, 2.05) is 25.2 Å². The number of nitrogens with one attached hydrogen (secondary N) is 1. The van der Waals surface area contributed by atoms with Crippen molar-refractivity contribution >= 4 is 33.3 Å². The fourth-order valence-electron chi connectivity index (χ4n) is 2.21. The van der Waals surface area contributed by atoms with Gasteiger partial charge in [-0.05, 0) is 33.6 Å². The van der Waals surface area contributed by atoms with Crippen LogP contribution in [-0.4, -0.2) is 15.7 Å². The van der Waals surface area contributed by atoms with Crippen LogP contribution >= 0.6 is 15.9 Å². The van der Waals surface area contributed by atoms with Crippen LogP contribution in [0.4, 0.5) is 11.5 Å². The van der Waals surface area contributed by atoms with Crippen LogP contribution in [-0.2, 0) is 18.3 Å². The number of carbonyl (C=O) groups is 1. The summed E-state index contributed by atoms with van der Waals surface area (Å²) in [4.78, 5) is 11.3. The normalized spacial score (nSPS) is 13.6. The average molecular weight is 307 g/mol. The molecule has 3 N–H and O–H groups in total. The van der Waals surface area contributed by atoms with E-state index in [-0.39, 0.29) is 5.91 Å². The molecule has 0 fully saturated rings. The molecule has 0 saturated heterocycles. The molecule has 18 heavy (non-hydrogen) atoms. The van der Waals surface area contributed by atoms with Crippen LogP contribution in [0.2, 0.25) is 0 Å². The summed E-state index contributed by atoms with van der Waals surface area (Å²) < 4.78 is 2.51. The van der Waals surface area contributed by atoms with E-state index in [2.05, 4.69) is 26.3 Å². The molecule has 1 aromatic heterocycles. The van der Waals surface area contributed by atoms with Crippen LogP contribution in [0, 0.1) is 0 Å². The Hall–Kier alpha value is -1.82. The number of nitrogens with two attached hydrogens (primary N) is 1. The molecule has 2 heterocycles. The molecule has 0 saturated carbocycles. The maximum Gasteiger partial charge on any atom is 0.228 e. The molecule has 1 aromatic carbocycles. The van der Waals surface area contributed by atoms with Crippen LogP contribution in [0.25, 0.3) is 11.3 Å². The van der Waals surface area contributed by atoms with Gasteiger partial charge in [0.05, 0.1) is 16.6 Å². The third-order valence-corrected chi connectivity index (χ3v) is 3.80. The number of hydrogen-bond donors (Lipinski definition) is 2. The molecular weight excluding hydrogens is 296 g/mol. The predicted molar refractivity (Wildman–Crippen MR) is 73.1 cm³/mol. The number of hydrogen-bond acceptors (Lipinski definition) is 3. The minimum atomic E-state index is 0.0331. The molecule has 0 radical (unpaired) electrons. The fraction of sp³-hybridized carbons (Fsp3) is 0.167. The van der Waals surface area contributed by atoms with E-state index in [1.165, 1.54) is 0 Å². The van der Waals surface area contributed by atoms with Crippen LogP contribution in [0.5, 0.6) is 0 Å². The first-order valence-corrected chi connectivity index (χ1v) is 6.26. The van der Waals surface area contributed by atoms with E-state index in [0.717, 1.165) is 27.0 Å². The molecule has 0 aliphatic carbocycles. The zero-order valence-corrected chi connectivity index (χ0v) is 11.3. The van der Waals surface area contributed by atoms with Crippen LogP contribution in [0.1, 0.15) is 5.56 Å². The third-order valence-electron chi connectivity index (χ3n) is 3.02. The molecule has 92 valence electrons. The van der Waals surface area contributed by atoms with E-state index >= 15 is 0 Å². The Balaban J connectivity index is 2.14. The van der Waals surface area contributed by atoms with E-state index in [9.17, 15) is 4.79 Å². The number of benzene rings is 1. The second-order valence-corrected chi connectivity index (χ2v) is 5.06. The van der Waals surface area contributed by atoms with Crippen molar-refractivity contribution in [3.8, 4) is 11.3 Å². The van der Waals surface area contributed by atoms with Gasteiger partial charge in [-0.3, -0.25) is 9.48 Å². The highest BCUT2D eigenvalue weighted by atomic mass is 79.9. The molecular formula is C12H11BrN4O. The van der Waals surface area contributed by atoms with Gasteiger partial charge in [-0.1, -0.05) is 6.07 Å². The van der Waals surface area contributed by atoms with Crippen molar-refractivity contribution < 1.29 is 4.79 Å². The van der Waals surface area contributed by atoms with Gasteiger partial charge in [0.25, 0.3) is 0 Å². The minimum Gasteiger partial charge on any atom is -0.381 e. The van der Waals surface area contributed by atoms with Crippen molar-refractivity contribution in [2.45, 2.75) is 6.42 Å². The van der Waals surface area contributed by atoms with Crippen LogP contribution in [0.15, 0.2) is 22.7 Å². The van der Waals surface area contributed by atoms with Gasteiger partial charge >= 0.3 is 0 Å². The first-order chi connectivity index (χ1) is 8.56. The van der Waals surface area contributed by atoms with Gasteiger partial charge in [-0.25, -0.2) is 0 Å². The highest BCUT2D eigenvalue weighted by molar-refractivity contribution is 9.10. The molecule has 3 rings (SSSR count). The zero-order chi connectivity index (χ0) is 12.9. The van der Waals surface area contributed by atoms with Crippen molar-refractivity contribution in [1.82, 2.24) is 9.78 Å². The molecule has 1 aliphatic rings. The number of fused-ring (bicyclic) bond motifs is 1. The summed E-state index contributed by atoms with van der Waals surface area (Å²) >= 11 is 3.44. The molecule has 0 bridgehead atoms. The largest absolute Gasteiger partial charge is 0.381 e. The summed E-state index contributed by atoms with van der Waals surface area (Å²) in [6, 6.07) is 5.85. The van der Waals surface area contributed by atoms with E-state index < -0.39 is 0 Å². The standard InChI is InChI=1S/C12H11BrN4O/c1-17-11(10(13)12(14)16-17)6-2-3-8-7(4-6)5-9(18)15-8/h2-4H,5H2,1H3,(H2,14,16)(H,15,18). The lowest BCUT2D eigenvalue weighted by atomic mass is 10.1. The maximum atomic E-state index is 11.3. The van der Waals surface area contributed by atoms with Crippen molar-refractivity contribution in [3.05, 3.63) is 28.2 Å². The molecule has 0 unspecified atom stereocenters. The van der Waals surface area contributed by atoms with Crippen molar-refractivity contribution in [2.24, 2.45) is 7.05 Å². The van der Waals surface area contributed by atoms with Gasteiger partial charge in [-0.15, -0.1) is 0 Å². The summed E-state index contributed by atoms with van der Waals surface area (Å²) in [5, 5.41) is 6.97. The van der Waals surface area contributed by atoms with Crippen LogP contribution < -0.4 is 11.1 Å². The second kappa shape index (κ2) is 3.84. The Morgan fingerprint density at radius 3 is 2.94 bits per heavy atom. The van der Waals surface area contributed by atoms with Gasteiger partial charge in [0.15, 0.2) is 5.82 Å². The molecule has 0 atom stereocenters. The number of nitrogens with zero attached hydrogens (tertiary/aromatic N) is 2. The lowest BCUT2D eigenvalue weighted by Gasteiger charge is -2.05. The van der Waals surface area contributed by atoms with Crippen LogP contribution in [0.3, 0.4) is 0 Å². The first kappa shape index (κ1) is 11.3. The quantitative estimate of drug-likeness (QED) is 0.845. The third kappa shape index (κ3) is 1.60. The van der Waals surface area contributed by atoms with Crippen molar-refractivity contribution in [3.63, 3.8) is 0 Å². The monoisotopic (exact) mass is 306 g/mol. The summed E-state index contributed by atoms with van der Waals surface area (Å²) in [5.74, 6) is 0.493. The Morgan fingerprint density at radius 2 is 2.28 bits per heavy atom. The van der Waals surface area contributed by atoms with Gasteiger partial charge in [0.2, 0.25) is 5.91 Å². The summed E-state index contributed by atoms with van der Waals surface area (Å²) in [7, 11) is 1.84. The van der Waals surface area contributed by atoms with E-state index in [4.69, 9.17) is 5.73 Å². The zero-order valence-electron chi connectivity index (χ0n) is 9.70. The Kier molecular flexibility index (Phi) is 2.41. The number of nitrogen functional groups attached to an aromatic ring is 1. The SMILES string of the molecule is Cn1nc(N)c(Br)c1-c1ccc2c(c1)CC(=O)N2. The lowest BCUT2D eigenvalue weighted by Crippen LogP contribution is -2.03. The van der Waals surface area contributed by atoms with Gasteiger partial charge in [0, 0.05) is 18.3 Å². The molecule has 0 spiro atoms. The number of carbonyl (C=O) groups excluding carboxylic acids is 1. The molecule has 1 amide bonds. The topological polar surface area (TPSA) is 72.9 Å². The lowest BCUT2D eigenvalue weighted by molar-refractivity contribution is -0.115. The fourth-order valence-corrected chi connectivity index (χ4v) is 2.77. The number of aromatic nitrogens is 2. The van der Waals surface area contributed by atoms with Gasteiger partial charge in [-0.2, -0.15) is 5.10 Å². The van der Waals surface area contributed by atoms with E-state index in [1.54, 1.807) is 4.68 Å². The summed E-state index contributed by atoms with van der Waals surface area (Å²) in [5.41, 5.74) is 9.56. The first-order valence-electron chi connectivity index (χ1n) is 5.47. The number of halogens is 1. The Labute approximate surface area is 112 Å². The highest BCUT2D eigenvalue weighted by Crippen LogP contribution is 2.35. The molecule has 5 nitrogen and oxygen atoms in total. The summed E-state index contributed by atoms with van der Waals surface area (Å²) in [6.45, 7) is 0. The van der Waals surface area contributed by atoms with E-state index in [0.29, 0.717) is 12.2 Å². The van der Waals surface area contributed by atoms with Crippen molar-refractivity contribution in [2.75, 3.05) is 11.1 Å². The molecule has 1 aliphatic heterocycles.